The highest BCUT2D eigenvalue weighted by Crippen LogP contribution is 2.30. The molecule has 2 heterocycles. The summed E-state index contributed by atoms with van der Waals surface area (Å²) in [4.78, 5) is 16.7. The van der Waals surface area contributed by atoms with Crippen LogP contribution in [0.25, 0.3) is 16.9 Å². The highest BCUT2D eigenvalue weighted by Gasteiger charge is 2.13. The zero-order valence-corrected chi connectivity index (χ0v) is 20.9. The number of urea groups is 1. The van der Waals surface area contributed by atoms with Crippen LogP contribution in [-0.4, -0.2) is 40.3 Å². The van der Waals surface area contributed by atoms with Crippen LogP contribution in [0.15, 0.2) is 71.3 Å². The number of unbranched alkanes of at least 4 members (excludes halogenated alkanes) is 1. The number of carbonyl (C=O) groups is 1. The van der Waals surface area contributed by atoms with Crippen molar-refractivity contribution in [2.24, 2.45) is 0 Å². The molecule has 0 aliphatic heterocycles. The molecule has 0 fully saturated rings. The van der Waals surface area contributed by atoms with Gasteiger partial charge in [-0.3, -0.25) is 0 Å². The molecule has 176 valence electrons. The third kappa shape index (κ3) is 6.27. The van der Waals surface area contributed by atoms with E-state index in [1.54, 1.807) is 10.7 Å². The van der Waals surface area contributed by atoms with Crippen molar-refractivity contribution in [1.29, 1.82) is 0 Å². The largest absolute Gasteiger partial charge is 0.370 e. The fourth-order valence-electron chi connectivity index (χ4n) is 3.56. The average molecular weight is 542 g/mol. The molecule has 0 saturated carbocycles. The Labute approximate surface area is 212 Å². The average Bonchev–Trinajstić information content (AvgIpc) is 3.23. The van der Waals surface area contributed by atoms with Gasteiger partial charge in [-0.05, 0) is 46.8 Å². The van der Waals surface area contributed by atoms with Gasteiger partial charge in [0.15, 0.2) is 5.65 Å². The van der Waals surface area contributed by atoms with Crippen LogP contribution < -0.4 is 16.0 Å². The van der Waals surface area contributed by atoms with E-state index in [2.05, 4.69) is 49.1 Å². The number of hydrogen-bond donors (Lipinski definition) is 3. The van der Waals surface area contributed by atoms with Crippen molar-refractivity contribution in [3.05, 3.63) is 81.9 Å². The molecule has 0 aliphatic rings. The summed E-state index contributed by atoms with van der Waals surface area (Å²) < 4.78 is 2.58. The van der Waals surface area contributed by atoms with E-state index in [9.17, 15) is 4.79 Å². The minimum Gasteiger partial charge on any atom is -0.370 e. The number of nitrogens with one attached hydrogen (secondary N) is 3. The van der Waals surface area contributed by atoms with Gasteiger partial charge in [0.05, 0.1) is 16.4 Å². The predicted molar refractivity (Wildman–Crippen MR) is 140 cm³/mol. The number of halogens is 2. The molecule has 0 spiro atoms. The van der Waals surface area contributed by atoms with Crippen molar-refractivity contribution >= 4 is 45.0 Å². The molecule has 7 nitrogen and oxygen atoms in total. The van der Waals surface area contributed by atoms with Crippen LogP contribution in [0, 0.1) is 0 Å². The van der Waals surface area contributed by atoms with Gasteiger partial charge in [-0.2, -0.15) is 9.61 Å². The van der Waals surface area contributed by atoms with E-state index >= 15 is 0 Å². The summed E-state index contributed by atoms with van der Waals surface area (Å²) in [7, 11) is 0. The van der Waals surface area contributed by atoms with Crippen molar-refractivity contribution < 1.29 is 4.79 Å². The Balaban J connectivity index is 1.24. The van der Waals surface area contributed by atoms with Gasteiger partial charge in [-0.15, -0.1) is 0 Å². The van der Waals surface area contributed by atoms with Crippen molar-refractivity contribution in [2.75, 3.05) is 25.0 Å². The zero-order chi connectivity index (χ0) is 23.8. The summed E-state index contributed by atoms with van der Waals surface area (Å²) in [5.74, 6) is 0.831. The molecule has 0 atom stereocenters. The summed E-state index contributed by atoms with van der Waals surface area (Å²) >= 11 is 9.91. The molecule has 2 amide bonds. The van der Waals surface area contributed by atoms with E-state index in [1.165, 1.54) is 5.56 Å². The first kappa shape index (κ1) is 24.0. The van der Waals surface area contributed by atoms with Crippen molar-refractivity contribution in [3.63, 3.8) is 0 Å². The molecule has 4 rings (SSSR count). The quantitative estimate of drug-likeness (QED) is 0.230. The summed E-state index contributed by atoms with van der Waals surface area (Å²) in [6, 6.07) is 19.6. The lowest BCUT2D eigenvalue weighted by Crippen LogP contribution is -2.37. The van der Waals surface area contributed by atoms with Crippen LogP contribution in [-0.2, 0) is 6.42 Å². The van der Waals surface area contributed by atoms with E-state index < -0.39 is 0 Å². The van der Waals surface area contributed by atoms with Gasteiger partial charge >= 0.3 is 6.03 Å². The third-order valence-electron chi connectivity index (χ3n) is 5.32. The van der Waals surface area contributed by atoms with Gasteiger partial charge in [0.1, 0.15) is 5.82 Å². The Hall–Kier alpha value is -3.10. The normalized spacial score (nSPS) is 10.9. The number of aromatic nitrogens is 3. The molecular weight excluding hydrogens is 516 g/mol. The van der Waals surface area contributed by atoms with E-state index in [-0.39, 0.29) is 6.03 Å². The molecule has 0 saturated heterocycles. The van der Waals surface area contributed by atoms with Crippen molar-refractivity contribution in [3.8, 4) is 11.3 Å². The fourth-order valence-corrected chi connectivity index (χ4v) is 4.15. The molecule has 0 unspecified atom stereocenters. The van der Waals surface area contributed by atoms with Crippen LogP contribution in [0.2, 0.25) is 5.02 Å². The monoisotopic (exact) mass is 540 g/mol. The molecule has 3 N–H and O–H groups in total. The first-order valence-corrected chi connectivity index (χ1v) is 12.4. The van der Waals surface area contributed by atoms with Crippen molar-refractivity contribution in [1.82, 2.24) is 25.2 Å². The third-order valence-corrected chi connectivity index (χ3v) is 6.20. The molecule has 0 bridgehead atoms. The molecule has 9 heteroatoms. The second-order valence-corrected chi connectivity index (χ2v) is 9.05. The number of hydrogen-bond acceptors (Lipinski definition) is 4. The molecule has 0 radical (unpaired) electrons. The lowest BCUT2D eigenvalue weighted by Gasteiger charge is -2.12. The standard InChI is InChI=1S/C25H26BrClN6O/c26-20-17-31-33-23(16-22(32-24(20)33)19-10-4-5-11-21(19)27)28-13-6-7-14-29-25(34)30-15-12-18-8-2-1-3-9-18/h1-5,8-11,16-17,28H,6-7,12-15H2,(H2,29,30,34). The number of rotatable bonds is 10. The Kier molecular flexibility index (Phi) is 8.38. The molecule has 2 aromatic carbocycles. The molecule has 34 heavy (non-hydrogen) atoms. The highest BCUT2D eigenvalue weighted by molar-refractivity contribution is 9.10. The number of fused-ring (bicyclic) bond motifs is 1. The van der Waals surface area contributed by atoms with Crippen LogP contribution in [0.3, 0.4) is 0 Å². The number of anilines is 1. The second kappa shape index (κ2) is 11.9. The Bertz CT molecular complexity index is 1250. The number of carbonyl (C=O) groups excluding carboxylic acids is 1. The Morgan fingerprint density at radius 2 is 1.71 bits per heavy atom. The molecule has 2 aromatic heterocycles. The maximum atomic E-state index is 12.0. The van der Waals surface area contributed by atoms with Crippen LogP contribution in [0.1, 0.15) is 18.4 Å². The van der Waals surface area contributed by atoms with E-state index in [4.69, 9.17) is 16.6 Å². The maximum Gasteiger partial charge on any atom is 0.314 e. The van der Waals surface area contributed by atoms with Crippen LogP contribution in [0.4, 0.5) is 10.6 Å². The summed E-state index contributed by atoms with van der Waals surface area (Å²) in [6.07, 6.45) is 4.29. The SMILES string of the molecule is O=C(NCCCCNc1cc(-c2ccccc2Cl)nc2c(Br)cnn12)NCCc1ccccc1. The van der Waals surface area contributed by atoms with Gasteiger partial charge < -0.3 is 16.0 Å². The van der Waals surface area contributed by atoms with Gasteiger partial charge in [-0.1, -0.05) is 60.1 Å². The molecule has 4 aromatic rings. The Morgan fingerprint density at radius 1 is 0.971 bits per heavy atom. The van der Waals surface area contributed by atoms with Gasteiger partial charge in [0.25, 0.3) is 0 Å². The molecular formula is C25H26BrClN6O. The fraction of sp³-hybridized carbons (Fsp3) is 0.240. The predicted octanol–water partition coefficient (Wildman–Crippen LogP) is 5.55. The van der Waals surface area contributed by atoms with Gasteiger partial charge in [-0.25, -0.2) is 9.78 Å². The smallest absolute Gasteiger partial charge is 0.314 e. The molecule has 0 aliphatic carbocycles. The topological polar surface area (TPSA) is 83.3 Å². The summed E-state index contributed by atoms with van der Waals surface area (Å²) in [6.45, 7) is 1.96. The van der Waals surface area contributed by atoms with E-state index in [1.807, 2.05) is 48.5 Å². The number of nitrogens with zero attached hydrogens (tertiary/aromatic N) is 3. The summed E-state index contributed by atoms with van der Waals surface area (Å²) in [5, 5.41) is 14.3. The Morgan fingerprint density at radius 3 is 2.53 bits per heavy atom. The maximum absolute atomic E-state index is 12.0. The summed E-state index contributed by atoms with van der Waals surface area (Å²) in [5.41, 5.74) is 3.57. The minimum atomic E-state index is -0.134. The lowest BCUT2D eigenvalue weighted by molar-refractivity contribution is 0.241. The van der Waals surface area contributed by atoms with Gasteiger partial charge in [0.2, 0.25) is 0 Å². The van der Waals surface area contributed by atoms with Crippen LogP contribution in [0.5, 0.6) is 0 Å². The number of benzene rings is 2. The highest BCUT2D eigenvalue weighted by atomic mass is 79.9. The van der Waals surface area contributed by atoms with Crippen molar-refractivity contribution in [2.45, 2.75) is 19.3 Å². The first-order valence-electron chi connectivity index (χ1n) is 11.2. The zero-order valence-electron chi connectivity index (χ0n) is 18.6. The minimum absolute atomic E-state index is 0.134. The van der Waals surface area contributed by atoms with E-state index in [0.29, 0.717) is 23.8 Å². The van der Waals surface area contributed by atoms with Gasteiger partial charge in [0, 0.05) is 36.3 Å². The second-order valence-electron chi connectivity index (χ2n) is 7.79. The number of amides is 2. The lowest BCUT2D eigenvalue weighted by atomic mass is 10.1. The first-order chi connectivity index (χ1) is 16.6. The van der Waals surface area contributed by atoms with Crippen LogP contribution >= 0.6 is 27.5 Å². The van der Waals surface area contributed by atoms with E-state index in [0.717, 1.165) is 47.4 Å².